The molecule has 0 unspecified atom stereocenters. The van der Waals surface area contributed by atoms with E-state index >= 15 is 0 Å². The highest BCUT2D eigenvalue weighted by atomic mass is 79.9. The van der Waals surface area contributed by atoms with Crippen molar-refractivity contribution in [3.63, 3.8) is 0 Å². The summed E-state index contributed by atoms with van der Waals surface area (Å²) in [5, 5.41) is 0. The van der Waals surface area contributed by atoms with E-state index in [0.717, 1.165) is 5.75 Å². The van der Waals surface area contributed by atoms with E-state index in [-0.39, 0.29) is 10.6 Å². The molecule has 4 nitrogen and oxygen atoms in total. The first-order valence-electron chi connectivity index (χ1n) is 6.45. The summed E-state index contributed by atoms with van der Waals surface area (Å²) in [7, 11) is -3.34. The van der Waals surface area contributed by atoms with E-state index in [1.807, 2.05) is 30.3 Å². The summed E-state index contributed by atoms with van der Waals surface area (Å²) in [6, 6.07) is 14.0. The third kappa shape index (κ3) is 4.47. The molecule has 0 amide bonds. The smallest absolute Gasteiger partial charge is 0.179 e. The predicted octanol–water partition coefficient (Wildman–Crippen LogP) is 3.27. The molecule has 0 heterocycles. The van der Waals surface area contributed by atoms with Gasteiger partial charge in [-0.1, -0.05) is 18.2 Å². The quantitative estimate of drug-likeness (QED) is 0.626. The molecule has 0 spiro atoms. The number of nitrogen functional groups attached to an aromatic ring is 1. The summed E-state index contributed by atoms with van der Waals surface area (Å²) in [5.41, 5.74) is 6.13. The Morgan fingerprint density at radius 3 is 2.48 bits per heavy atom. The van der Waals surface area contributed by atoms with Crippen molar-refractivity contribution in [1.82, 2.24) is 0 Å². The molecular weight excluding hydrogens is 354 g/mol. The van der Waals surface area contributed by atoms with Gasteiger partial charge in [0.2, 0.25) is 0 Å². The van der Waals surface area contributed by atoms with Gasteiger partial charge in [-0.05, 0) is 52.7 Å². The van der Waals surface area contributed by atoms with Crippen LogP contribution in [0.4, 0.5) is 5.69 Å². The second-order valence-corrected chi connectivity index (χ2v) is 7.46. The molecule has 0 bridgehead atoms. The molecule has 2 rings (SSSR count). The van der Waals surface area contributed by atoms with Crippen molar-refractivity contribution >= 4 is 31.5 Å². The van der Waals surface area contributed by atoms with Crippen molar-refractivity contribution in [3.8, 4) is 5.75 Å². The predicted molar refractivity (Wildman–Crippen MR) is 87.2 cm³/mol. The molecule has 6 heteroatoms. The van der Waals surface area contributed by atoms with Gasteiger partial charge >= 0.3 is 0 Å². The zero-order valence-corrected chi connectivity index (χ0v) is 13.7. The zero-order valence-electron chi connectivity index (χ0n) is 11.3. The van der Waals surface area contributed by atoms with Crippen LogP contribution in [0.25, 0.3) is 0 Å². The van der Waals surface area contributed by atoms with Crippen LogP contribution in [0.1, 0.15) is 6.42 Å². The second kappa shape index (κ2) is 6.95. The Kier molecular flexibility index (Phi) is 5.25. The maximum atomic E-state index is 12.2. The number of halogens is 1. The minimum absolute atomic E-state index is 0.0301. The molecule has 0 aliphatic carbocycles. The Bertz CT molecular complexity index is 702. The van der Waals surface area contributed by atoms with Gasteiger partial charge in [-0.2, -0.15) is 0 Å². The Hall–Kier alpha value is -1.53. The van der Waals surface area contributed by atoms with Crippen LogP contribution in [0.5, 0.6) is 5.75 Å². The van der Waals surface area contributed by atoms with Crippen LogP contribution in [-0.4, -0.2) is 20.8 Å². The van der Waals surface area contributed by atoms with Crippen molar-refractivity contribution < 1.29 is 13.2 Å². The van der Waals surface area contributed by atoms with E-state index in [1.165, 1.54) is 6.07 Å². The summed E-state index contributed by atoms with van der Waals surface area (Å²) < 4.78 is 30.5. The first-order chi connectivity index (χ1) is 9.99. The van der Waals surface area contributed by atoms with Crippen LogP contribution < -0.4 is 10.5 Å². The number of ether oxygens (including phenoxy) is 1. The van der Waals surface area contributed by atoms with Gasteiger partial charge in [-0.25, -0.2) is 8.42 Å². The minimum atomic E-state index is -3.34. The number of nitrogens with two attached hydrogens (primary N) is 1. The lowest BCUT2D eigenvalue weighted by Gasteiger charge is -2.08. The number of anilines is 1. The Balaban J connectivity index is 1.92. The fourth-order valence-electron chi connectivity index (χ4n) is 1.83. The van der Waals surface area contributed by atoms with Gasteiger partial charge in [-0.15, -0.1) is 0 Å². The first kappa shape index (κ1) is 15.9. The van der Waals surface area contributed by atoms with Gasteiger partial charge < -0.3 is 10.5 Å². The molecule has 0 saturated heterocycles. The van der Waals surface area contributed by atoms with Gasteiger partial charge in [0.15, 0.2) is 9.84 Å². The third-order valence-electron chi connectivity index (χ3n) is 2.86. The second-order valence-electron chi connectivity index (χ2n) is 4.52. The molecule has 0 fully saturated rings. The maximum Gasteiger partial charge on any atom is 0.179 e. The van der Waals surface area contributed by atoms with E-state index in [4.69, 9.17) is 10.5 Å². The molecule has 2 N–H and O–H groups in total. The third-order valence-corrected chi connectivity index (χ3v) is 5.63. The molecule has 0 saturated carbocycles. The average molecular weight is 370 g/mol. The molecule has 0 aromatic heterocycles. The van der Waals surface area contributed by atoms with E-state index in [1.54, 1.807) is 12.1 Å². The van der Waals surface area contributed by atoms with Crippen molar-refractivity contribution in [2.75, 3.05) is 18.1 Å². The monoisotopic (exact) mass is 369 g/mol. The molecule has 21 heavy (non-hydrogen) atoms. The Labute approximate surface area is 133 Å². The van der Waals surface area contributed by atoms with E-state index in [0.29, 0.717) is 23.2 Å². The molecule has 0 aliphatic heterocycles. The highest BCUT2D eigenvalue weighted by Gasteiger charge is 2.17. The molecular formula is C15H16BrNO3S. The lowest BCUT2D eigenvalue weighted by Crippen LogP contribution is -2.11. The van der Waals surface area contributed by atoms with Crippen molar-refractivity contribution in [3.05, 3.63) is 53.0 Å². The summed E-state index contributed by atoms with van der Waals surface area (Å²) in [4.78, 5) is 0.261. The van der Waals surface area contributed by atoms with Crippen LogP contribution in [0.2, 0.25) is 0 Å². The molecule has 2 aromatic carbocycles. The van der Waals surface area contributed by atoms with Crippen LogP contribution in [0.3, 0.4) is 0 Å². The number of para-hydroxylation sites is 1. The van der Waals surface area contributed by atoms with Crippen molar-refractivity contribution in [1.29, 1.82) is 0 Å². The zero-order chi connectivity index (χ0) is 15.3. The largest absolute Gasteiger partial charge is 0.494 e. The van der Waals surface area contributed by atoms with Gasteiger partial charge in [0.05, 0.1) is 17.3 Å². The first-order valence-corrected chi connectivity index (χ1v) is 8.89. The highest BCUT2D eigenvalue weighted by Crippen LogP contribution is 2.25. The topological polar surface area (TPSA) is 69.4 Å². The van der Waals surface area contributed by atoms with Crippen molar-refractivity contribution in [2.24, 2.45) is 0 Å². The number of sulfone groups is 1. The average Bonchev–Trinajstić information content (AvgIpc) is 2.44. The Morgan fingerprint density at radius 1 is 1.10 bits per heavy atom. The van der Waals surface area contributed by atoms with Crippen molar-refractivity contribution in [2.45, 2.75) is 11.3 Å². The minimum Gasteiger partial charge on any atom is -0.494 e. The summed E-state index contributed by atoms with van der Waals surface area (Å²) in [6.45, 7) is 0.357. The van der Waals surface area contributed by atoms with Gasteiger partial charge in [0.1, 0.15) is 5.75 Å². The molecule has 0 radical (unpaired) electrons. The number of hydrogen-bond acceptors (Lipinski definition) is 4. The molecule has 2 aromatic rings. The van der Waals surface area contributed by atoms with Crippen LogP contribution in [-0.2, 0) is 9.84 Å². The van der Waals surface area contributed by atoms with E-state index in [2.05, 4.69) is 15.9 Å². The normalized spacial score (nSPS) is 11.3. The summed E-state index contributed by atoms with van der Waals surface area (Å²) in [5.74, 6) is 0.770. The van der Waals surface area contributed by atoms with Crippen LogP contribution in [0, 0.1) is 0 Å². The number of benzene rings is 2. The highest BCUT2D eigenvalue weighted by molar-refractivity contribution is 9.10. The van der Waals surface area contributed by atoms with Gasteiger partial charge in [-0.3, -0.25) is 0 Å². The summed E-state index contributed by atoms with van der Waals surface area (Å²) >= 11 is 3.24. The van der Waals surface area contributed by atoms with Crippen LogP contribution >= 0.6 is 15.9 Å². The lowest BCUT2D eigenvalue weighted by atomic mass is 10.3. The Morgan fingerprint density at radius 2 is 1.81 bits per heavy atom. The summed E-state index contributed by atoms with van der Waals surface area (Å²) in [6.07, 6.45) is 0.425. The number of rotatable bonds is 6. The standard InChI is InChI=1S/C15H16BrNO3S/c16-14-11-12(17)7-8-15(14)21(18,19)10-4-9-20-13-5-2-1-3-6-13/h1-3,5-8,11H,4,9-10,17H2. The molecule has 0 atom stereocenters. The van der Waals surface area contributed by atoms with E-state index < -0.39 is 9.84 Å². The lowest BCUT2D eigenvalue weighted by molar-refractivity contribution is 0.317. The number of hydrogen-bond donors (Lipinski definition) is 1. The fourth-order valence-corrected chi connectivity index (χ4v) is 4.32. The van der Waals surface area contributed by atoms with E-state index in [9.17, 15) is 8.42 Å². The van der Waals surface area contributed by atoms with Gasteiger partial charge in [0.25, 0.3) is 0 Å². The fraction of sp³-hybridized carbons (Fsp3) is 0.200. The maximum absolute atomic E-state index is 12.2. The van der Waals surface area contributed by atoms with Crippen LogP contribution in [0.15, 0.2) is 57.9 Å². The van der Waals surface area contributed by atoms with Gasteiger partial charge in [0, 0.05) is 10.2 Å². The molecule has 0 aliphatic rings. The SMILES string of the molecule is Nc1ccc(S(=O)(=O)CCCOc2ccccc2)c(Br)c1. The molecule has 112 valence electrons.